The van der Waals surface area contributed by atoms with E-state index in [4.69, 9.17) is 0 Å². The zero-order valence-corrected chi connectivity index (χ0v) is 18.4. The third kappa shape index (κ3) is 4.37. The van der Waals surface area contributed by atoms with Crippen LogP contribution in [0.15, 0.2) is 59.8 Å². The molecule has 1 aromatic carbocycles. The van der Waals surface area contributed by atoms with E-state index < -0.39 is 0 Å². The van der Waals surface area contributed by atoms with Crippen LogP contribution in [0.2, 0.25) is 0 Å². The van der Waals surface area contributed by atoms with Crippen LogP contribution >= 0.6 is 0 Å². The van der Waals surface area contributed by atoms with Crippen LogP contribution in [-0.4, -0.2) is 31.2 Å². The van der Waals surface area contributed by atoms with E-state index in [0.29, 0.717) is 12.1 Å². The molecule has 6 heteroatoms. The third-order valence-electron chi connectivity index (χ3n) is 5.49. The maximum absolute atomic E-state index is 13.5. The van der Waals surface area contributed by atoms with E-state index in [1.54, 1.807) is 21.9 Å². The first kappa shape index (κ1) is 21.6. The van der Waals surface area contributed by atoms with Crippen LogP contribution in [0.25, 0.3) is 0 Å². The van der Waals surface area contributed by atoms with Crippen LogP contribution in [0.3, 0.4) is 0 Å². The number of nitrogens with zero attached hydrogens (tertiary/aromatic N) is 4. The van der Waals surface area contributed by atoms with Gasteiger partial charge in [-0.05, 0) is 51.8 Å². The summed E-state index contributed by atoms with van der Waals surface area (Å²) in [7, 11) is 0. The van der Waals surface area contributed by atoms with Crippen LogP contribution in [0.1, 0.15) is 60.8 Å². The first-order valence-electron chi connectivity index (χ1n) is 10.4. The molecule has 0 aliphatic heterocycles. The molecule has 1 atom stereocenters. The van der Waals surface area contributed by atoms with E-state index in [9.17, 15) is 9.59 Å². The fourth-order valence-electron chi connectivity index (χ4n) is 3.59. The topological polar surface area (TPSA) is 60.1 Å². The maximum Gasteiger partial charge on any atom is 0.264 e. The van der Waals surface area contributed by atoms with Crippen molar-refractivity contribution >= 4 is 5.91 Å². The Morgan fingerprint density at radius 1 is 1.13 bits per heavy atom. The SMILES string of the molecule is CCn1cc(CN(C(=O)c2c(C)ccn(C(C)c3ccccc3)c2=O)C(C)C)cn1. The number of pyridine rings is 1. The van der Waals surface area contributed by atoms with E-state index in [2.05, 4.69) is 5.10 Å². The van der Waals surface area contributed by atoms with Gasteiger partial charge in [-0.2, -0.15) is 5.10 Å². The molecule has 0 fully saturated rings. The Labute approximate surface area is 177 Å². The van der Waals surface area contributed by atoms with Crippen molar-refractivity contribution in [3.8, 4) is 0 Å². The van der Waals surface area contributed by atoms with Crippen LogP contribution < -0.4 is 5.56 Å². The van der Waals surface area contributed by atoms with Crippen molar-refractivity contribution in [2.45, 2.75) is 59.8 Å². The lowest BCUT2D eigenvalue weighted by atomic mass is 10.1. The molecular weight excluding hydrogens is 376 g/mol. The van der Waals surface area contributed by atoms with Crippen LogP contribution in [0, 0.1) is 6.92 Å². The number of aromatic nitrogens is 3. The fourth-order valence-corrected chi connectivity index (χ4v) is 3.59. The average Bonchev–Trinajstić information content (AvgIpc) is 3.20. The molecule has 6 nitrogen and oxygen atoms in total. The largest absolute Gasteiger partial charge is 0.332 e. The molecule has 0 bridgehead atoms. The molecule has 0 aliphatic carbocycles. The lowest BCUT2D eigenvalue weighted by Crippen LogP contribution is -2.41. The van der Waals surface area contributed by atoms with Gasteiger partial charge in [-0.1, -0.05) is 30.3 Å². The number of carbonyl (C=O) groups is 1. The minimum Gasteiger partial charge on any atom is -0.332 e. The van der Waals surface area contributed by atoms with E-state index in [1.165, 1.54) is 0 Å². The van der Waals surface area contributed by atoms with Gasteiger partial charge in [0.2, 0.25) is 0 Å². The molecule has 1 unspecified atom stereocenters. The minimum atomic E-state index is -0.258. The number of amides is 1. The molecular formula is C24H30N4O2. The van der Waals surface area contributed by atoms with Crippen molar-refractivity contribution < 1.29 is 4.79 Å². The number of carbonyl (C=O) groups excluding carboxylic acids is 1. The fraction of sp³-hybridized carbons (Fsp3) is 0.375. The van der Waals surface area contributed by atoms with Gasteiger partial charge < -0.3 is 9.47 Å². The van der Waals surface area contributed by atoms with Gasteiger partial charge in [0.1, 0.15) is 5.56 Å². The highest BCUT2D eigenvalue weighted by Crippen LogP contribution is 2.18. The van der Waals surface area contributed by atoms with Crippen LogP contribution in [-0.2, 0) is 13.1 Å². The highest BCUT2D eigenvalue weighted by molar-refractivity contribution is 5.95. The Kier molecular flexibility index (Phi) is 6.55. The Balaban J connectivity index is 1.98. The van der Waals surface area contributed by atoms with Gasteiger partial charge in [-0.15, -0.1) is 0 Å². The molecule has 0 saturated heterocycles. The predicted octanol–water partition coefficient (Wildman–Crippen LogP) is 4.03. The van der Waals surface area contributed by atoms with E-state index >= 15 is 0 Å². The number of rotatable bonds is 7. The lowest BCUT2D eigenvalue weighted by molar-refractivity contribution is 0.0687. The molecule has 2 aromatic heterocycles. The van der Waals surface area contributed by atoms with Gasteiger partial charge in [-0.3, -0.25) is 14.3 Å². The third-order valence-corrected chi connectivity index (χ3v) is 5.49. The standard InChI is InChI=1S/C24H30N4O2/c1-6-26-15-20(14-25-26)16-28(17(2)3)24(30)22-18(4)12-13-27(23(22)29)19(5)21-10-8-7-9-11-21/h7-15,17,19H,6,16H2,1-5H3. The van der Waals surface area contributed by atoms with Gasteiger partial charge in [0.05, 0.1) is 12.2 Å². The predicted molar refractivity (Wildman–Crippen MR) is 119 cm³/mol. The smallest absolute Gasteiger partial charge is 0.264 e. The monoisotopic (exact) mass is 406 g/mol. The summed E-state index contributed by atoms with van der Waals surface area (Å²) in [6, 6.07) is 11.5. The summed E-state index contributed by atoms with van der Waals surface area (Å²) in [6.45, 7) is 10.9. The zero-order valence-electron chi connectivity index (χ0n) is 18.4. The molecule has 0 N–H and O–H groups in total. The van der Waals surface area contributed by atoms with E-state index in [0.717, 1.165) is 17.7 Å². The second kappa shape index (κ2) is 9.11. The molecule has 0 saturated carbocycles. The molecule has 3 rings (SSSR count). The molecule has 3 aromatic rings. The van der Waals surface area contributed by atoms with Crippen molar-refractivity contribution in [1.29, 1.82) is 0 Å². The summed E-state index contributed by atoms with van der Waals surface area (Å²) in [5.41, 5.74) is 2.64. The molecule has 2 heterocycles. The molecule has 0 spiro atoms. The molecule has 0 aliphatic rings. The summed E-state index contributed by atoms with van der Waals surface area (Å²) >= 11 is 0. The van der Waals surface area contributed by atoms with Gasteiger partial charge in [0.15, 0.2) is 0 Å². The summed E-state index contributed by atoms with van der Waals surface area (Å²) in [5.74, 6) is -0.244. The minimum absolute atomic E-state index is 0.0542. The summed E-state index contributed by atoms with van der Waals surface area (Å²) < 4.78 is 3.48. The summed E-state index contributed by atoms with van der Waals surface area (Å²) in [4.78, 5) is 28.6. The Bertz CT molecular complexity index is 1070. The number of hydrogen-bond donors (Lipinski definition) is 0. The number of aryl methyl sites for hydroxylation is 2. The maximum atomic E-state index is 13.5. The zero-order chi connectivity index (χ0) is 21.8. The number of hydrogen-bond acceptors (Lipinski definition) is 3. The van der Waals surface area contributed by atoms with Crippen molar-refractivity contribution in [2.75, 3.05) is 0 Å². The van der Waals surface area contributed by atoms with Crippen LogP contribution in [0.4, 0.5) is 0 Å². The first-order valence-corrected chi connectivity index (χ1v) is 10.4. The van der Waals surface area contributed by atoms with Gasteiger partial charge in [0.25, 0.3) is 11.5 Å². The van der Waals surface area contributed by atoms with E-state index in [1.807, 2.05) is 81.9 Å². The Morgan fingerprint density at radius 3 is 2.43 bits per heavy atom. The van der Waals surface area contributed by atoms with Gasteiger partial charge in [0, 0.05) is 37.1 Å². The van der Waals surface area contributed by atoms with Crippen molar-refractivity contribution in [3.63, 3.8) is 0 Å². The second-order valence-corrected chi connectivity index (χ2v) is 7.90. The average molecular weight is 407 g/mol. The van der Waals surface area contributed by atoms with Crippen molar-refractivity contribution in [1.82, 2.24) is 19.2 Å². The van der Waals surface area contributed by atoms with Crippen molar-refractivity contribution in [2.24, 2.45) is 0 Å². The van der Waals surface area contributed by atoms with Crippen molar-refractivity contribution in [3.05, 3.63) is 87.6 Å². The molecule has 0 radical (unpaired) electrons. The van der Waals surface area contributed by atoms with Crippen LogP contribution in [0.5, 0.6) is 0 Å². The lowest BCUT2D eigenvalue weighted by Gasteiger charge is -2.27. The number of benzene rings is 1. The molecule has 1 amide bonds. The highest BCUT2D eigenvalue weighted by Gasteiger charge is 2.25. The second-order valence-electron chi connectivity index (χ2n) is 7.90. The highest BCUT2D eigenvalue weighted by atomic mass is 16.2. The Hall–Kier alpha value is -3.15. The summed E-state index contributed by atoms with van der Waals surface area (Å²) in [5, 5.41) is 4.30. The normalized spacial score (nSPS) is 12.2. The Morgan fingerprint density at radius 2 is 1.83 bits per heavy atom. The quantitative estimate of drug-likeness (QED) is 0.595. The summed E-state index contributed by atoms with van der Waals surface area (Å²) in [6.07, 6.45) is 5.49. The molecule has 158 valence electrons. The molecule has 30 heavy (non-hydrogen) atoms. The first-order chi connectivity index (χ1) is 14.3. The van der Waals surface area contributed by atoms with Gasteiger partial charge >= 0.3 is 0 Å². The van der Waals surface area contributed by atoms with Gasteiger partial charge in [-0.25, -0.2) is 0 Å². The van der Waals surface area contributed by atoms with E-state index in [-0.39, 0.29) is 29.1 Å².